The lowest BCUT2D eigenvalue weighted by Gasteiger charge is -2.38. The minimum absolute atomic E-state index is 0.0633. The van der Waals surface area contributed by atoms with Gasteiger partial charge in [0.2, 0.25) is 5.91 Å². The number of amides is 1. The Morgan fingerprint density at radius 2 is 2.04 bits per heavy atom. The molecule has 2 rings (SSSR count). The zero-order valence-corrected chi connectivity index (χ0v) is 13.7. The van der Waals surface area contributed by atoms with Crippen molar-refractivity contribution in [1.82, 2.24) is 10.6 Å². The third-order valence-corrected chi connectivity index (χ3v) is 3.93. The van der Waals surface area contributed by atoms with Gasteiger partial charge in [0, 0.05) is 12.8 Å². The third-order valence-electron chi connectivity index (χ3n) is 3.73. The predicted molar refractivity (Wildman–Crippen MR) is 87.5 cm³/mol. The molecular weight excluding hydrogens is 330 g/mol. The maximum Gasteiger partial charge on any atom is 0.333 e. The van der Waals surface area contributed by atoms with Crippen LogP contribution in [-0.2, 0) is 25.5 Å². The Balaban J connectivity index is 2.32. The molecule has 124 valence electrons. The fourth-order valence-corrected chi connectivity index (χ4v) is 2.93. The molecule has 0 aromatic heterocycles. The second-order valence-corrected chi connectivity index (χ2v) is 5.75. The molecule has 24 heavy (non-hydrogen) atoms. The van der Waals surface area contributed by atoms with E-state index in [4.69, 9.17) is 17.0 Å². The molecule has 8 heteroatoms. The maximum absolute atomic E-state index is 12.4. The molecule has 0 radical (unpaired) electrons. The van der Waals surface area contributed by atoms with Gasteiger partial charge < -0.3 is 15.4 Å². The fraction of sp³-hybridized carbons (Fsp3) is 0.312. The summed E-state index contributed by atoms with van der Waals surface area (Å²) in [6.07, 6.45) is -0.325. The van der Waals surface area contributed by atoms with E-state index in [1.165, 1.54) is 0 Å². The van der Waals surface area contributed by atoms with Crippen LogP contribution in [0.5, 0.6) is 0 Å². The minimum Gasteiger partial charge on any atom is -0.467 e. The SMILES string of the molecule is COC(=O)[C@@]1(CC(=O)Cc2ccccc2)NC(=S)NC(=O)[C@H]1C#N. The number of carbonyl (C=O) groups excluding carboxylic acids is 3. The molecule has 1 aliphatic rings. The Hall–Kier alpha value is -2.79. The lowest BCUT2D eigenvalue weighted by Crippen LogP contribution is -2.70. The van der Waals surface area contributed by atoms with Crippen molar-refractivity contribution in [2.24, 2.45) is 5.92 Å². The number of carbonyl (C=O) groups is 3. The summed E-state index contributed by atoms with van der Waals surface area (Å²) in [4.78, 5) is 36.8. The molecule has 1 saturated heterocycles. The minimum atomic E-state index is -1.82. The first kappa shape index (κ1) is 17.6. The van der Waals surface area contributed by atoms with Gasteiger partial charge in [-0.3, -0.25) is 9.59 Å². The average molecular weight is 345 g/mol. The van der Waals surface area contributed by atoms with E-state index in [2.05, 4.69) is 10.6 Å². The number of ether oxygens (including phenoxy) is 1. The van der Waals surface area contributed by atoms with Gasteiger partial charge in [0.05, 0.1) is 13.2 Å². The van der Waals surface area contributed by atoms with Gasteiger partial charge in [-0.2, -0.15) is 5.26 Å². The van der Waals surface area contributed by atoms with Gasteiger partial charge in [-0.25, -0.2) is 4.79 Å². The number of nitrogens with zero attached hydrogens (tertiary/aromatic N) is 1. The number of nitrogens with one attached hydrogen (secondary N) is 2. The van der Waals surface area contributed by atoms with E-state index < -0.39 is 23.3 Å². The quantitative estimate of drug-likeness (QED) is 0.581. The van der Waals surface area contributed by atoms with E-state index in [1.807, 2.05) is 6.07 Å². The van der Waals surface area contributed by atoms with E-state index in [0.717, 1.165) is 12.7 Å². The summed E-state index contributed by atoms with van der Waals surface area (Å²) in [6.45, 7) is 0. The van der Waals surface area contributed by atoms with Crippen LogP contribution in [-0.4, -0.2) is 35.4 Å². The summed E-state index contributed by atoms with van der Waals surface area (Å²) in [5, 5.41) is 14.1. The molecule has 1 aromatic rings. The monoisotopic (exact) mass is 345 g/mol. The van der Waals surface area contributed by atoms with Crippen LogP contribution in [0.4, 0.5) is 0 Å². The number of thiocarbonyl (C=S) groups is 1. The molecule has 2 atom stereocenters. The second-order valence-electron chi connectivity index (χ2n) is 5.35. The smallest absolute Gasteiger partial charge is 0.333 e. The average Bonchev–Trinajstić information content (AvgIpc) is 2.54. The van der Waals surface area contributed by atoms with Crippen LogP contribution in [0.3, 0.4) is 0 Å². The van der Waals surface area contributed by atoms with E-state index in [9.17, 15) is 19.6 Å². The van der Waals surface area contributed by atoms with Crippen molar-refractivity contribution in [3.8, 4) is 6.07 Å². The topological polar surface area (TPSA) is 108 Å². The molecule has 0 aliphatic carbocycles. The number of benzene rings is 1. The summed E-state index contributed by atoms with van der Waals surface area (Å²) in [5.74, 6) is -3.37. The van der Waals surface area contributed by atoms with Crippen LogP contribution in [0.1, 0.15) is 12.0 Å². The zero-order valence-electron chi connectivity index (χ0n) is 12.9. The summed E-state index contributed by atoms with van der Waals surface area (Å²) >= 11 is 4.91. The van der Waals surface area contributed by atoms with Crippen LogP contribution in [0.2, 0.25) is 0 Å². The van der Waals surface area contributed by atoms with E-state index >= 15 is 0 Å². The van der Waals surface area contributed by atoms with Gasteiger partial charge in [-0.05, 0) is 17.8 Å². The number of Topliss-reactive ketones (excluding diaryl/α,β-unsaturated/α-hetero) is 1. The van der Waals surface area contributed by atoms with Gasteiger partial charge in [0.1, 0.15) is 5.78 Å². The zero-order chi connectivity index (χ0) is 17.7. The van der Waals surface area contributed by atoms with E-state index in [1.54, 1.807) is 30.3 Å². The summed E-state index contributed by atoms with van der Waals surface area (Å²) in [7, 11) is 1.12. The number of hydrogen-bond donors (Lipinski definition) is 2. The highest BCUT2D eigenvalue weighted by atomic mass is 32.1. The Bertz CT molecular complexity index is 729. The van der Waals surface area contributed by atoms with Crippen molar-refractivity contribution in [2.75, 3.05) is 7.11 Å². The number of rotatable bonds is 5. The molecule has 0 spiro atoms. The molecule has 7 nitrogen and oxygen atoms in total. The summed E-state index contributed by atoms with van der Waals surface area (Å²) in [5.41, 5.74) is -1.06. The number of nitriles is 1. The lowest BCUT2D eigenvalue weighted by atomic mass is 9.78. The first-order valence-corrected chi connectivity index (χ1v) is 7.50. The largest absolute Gasteiger partial charge is 0.467 e. The van der Waals surface area contributed by atoms with Gasteiger partial charge in [-0.1, -0.05) is 30.3 Å². The van der Waals surface area contributed by atoms with Crippen molar-refractivity contribution in [1.29, 1.82) is 5.26 Å². The number of hydrogen-bond acceptors (Lipinski definition) is 6. The Labute approximate surface area is 144 Å². The number of methoxy groups -OCH3 is 1. The first-order valence-electron chi connectivity index (χ1n) is 7.09. The van der Waals surface area contributed by atoms with Gasteiger partial charge in [-0.15, -0.1) is 0 Å². The fourth-order valence-electron chi connectivity index (χ4n) is 2.65. The summed E-state index contributed by atoms with van der Waals surface area (Å²) < 4.78 is 4.73. The van der Waals surface area contributed by atoms with Gasteiger partial charge in [0.25, 0.3) is 0 Å². The standard InChI is InChI=1S/C16H15N3O4S/c1-23-14(22)16(12(9-17)13(21)18-15(24)19-16)8-11(20)7-10-5-3-2-4-6-10/h2-6,12H,7-8H2,1H3,(H2,18,19,21,24)/t12-,16+/m1/s1. The number of esters is 1. The first-order chi connectivity index (χ1) is 11.4. The molecule has 1 fully saturated rings. The van der Waals surface area contributed by atoms with Crippen molar-refractivity contribution >= 4 is 35.0 Å². The van der Waals surface area contributed by atoms with Crippen LogP contribution in [0.25, 0.3) is 0 Å². The van der Waals surface area contributed by atoms with Crippen molar-refractivity contribution in [3.63, 3.8) is 0 Å². The van der Waals surface area contributed by atoms with E-state index in [-0.39, 0.29) is 23.7 Å². The highest BCUT2D eigenvalue weighted by Crippen LogP contribution is 2.27. The van der Waals surface area contributed by atoms with Gasteiger partial charge >= 0.3 is 5.97 Å². The molecule has 0 unspecified atom stereocenters. The Kier molecular flexibility index (Phi) is 5.26. The van der Waals surface area contributed by atoms with Gasteiger partial charge in [0.15, 0.2) is 16.6 Å². The molecular formula is C16H15N3O4S. The Morgan fingerprint density at radius 3 is 2.62 bits per heavy atom. The Morgan fingerprint density at radius 1 is 1.38 bits per heavy atom. The highest BCUT2D eigenvalue weighted by molar-refractivity contribution is 7.80. The van der Waals surface area contributed by atoms with Crippen LogP contribution in [0.15, 0.2) is 30.3 Å². The second kappa shape index (κ2) is 7.19. The lowest BCUT2D eigenvalue weighted by molar-refractivity contribution is -0.154. The van der Waals surface area contributed by atoms with E-state index in [0.29, 0.717) is 0 Å². The van der Waals surface area contributed by atoms with Crippen LogP contribution in [0, 0.1) is 17.2 Å². The molecule has 1 aromatic carbocycles. The molecule has 2 N–H and O–H groups in total. The van der Waals surface area contributed by atoms with Crippen molar-refractivity contribution in [3.05, 3.63) is 35.9 Å². The predicted octanol–water partition coefficient (Wildman–Crippen LogP) is 0.244. The molecule has 0 saturated carbocycles. The number of ketones is 1. The normalized spacial score (nSPS) is 22.8. The van der Waals surface area contributed by atoms with Crippen LogP contribution >= 0.6 is 12.2 Å². The maximum atomic E-state index is 12.4. The third kappa shape index (κ3) is 3.41. The molecule has 1 heterocycles. The van der Waals surface area contributed by atoms with Crippen molar-refractivity contribution < 1.29 is 19.1 Å². The highest BCUT2D eigenvalue weighted by Gasteiger charge is 2.55. The molecule has 1 amide bonds. The van der Waals surface area contributed by atoms with Crippen molar-refractivity contribution in [2.45, 2.75) is 18.4 Å². The van der Waals surface area contributed by atoms with Crippen LogP contribution < -0.4 is 10.6 Å². The molecule has 1 aliphatic heterocycles. The summed E-state index contributed by atoms with van der Waals surface area (Å²) in [6, 6.07) is 10.7. The molecule has 0 bridgehead atoms.